The van der Waals surface area contributed by atoms with Crippen molar-refractivity contribution in [3.05, 3.63) is 30.3 Å². The summed E-state index contributed by atoms with van der Waals surface area (Å²) in [6, 6.07) is 9.83. The summed E-state index contributed by atoms with van der Waals surface area (Å²) in [7, 11) is 7.66. The molecule has 3 nitrogen and oxygen atoms in total. The Hall–Kier alpha value is -0.180. The van der Waals surface area contributed by atoms with Crippen LogP contribution in [0.5, 0.6) is 0 Å². The van der Waals surface area contributed by atoms with E-state index in [1.807, 2.05) is 67.9 Å². The molecule has 1 aromatic carbocycles. The van der Waals surface area contributed by atoms with Gasteiger partial charge in [0.25, 0.3) is 0 Å². The van der Waals surface area contributed by atoms with Crippen molar-refractivity contribution in [2.45, 2.75) is 0 Å². The van der Waals surface area contributed by atoms with E-state index >= 15 is 0 Å². The van der Waals surface area contributed by atoms with Crippen LogP contribution in [0.4, 0.5) is 0 Å². The Kier molecular flexibility index (Phi) is 3.44. The van der Waals surface area contributed by atoms with Crippen molar-refractivity contribution in [1.82, 2.24) is 9.34 Å². The molecule has 0 aliphatic heterocycles. The summed E-state index contributed by atoms with van der Waals surface area (Å²) in [5, 5.41) is 0.972. The SMILES string of the molecule is CN(C)P(N)(Cl)(c1ccccc1)N(C)C. The van der Waals surface area contributed by atoms with Crippen molar-refractivity contribution in [1.29, 1.82) is 0 Å². The van der Waals surface area contributed by atoms with Crippen molar-refractivity contribution in [3.8, 4) is 0 Å². The van der Waals surface area contributed by atoms with Gasteiger partial charge in [-0.15, -0.1) is 0 Å². The third kappa shape index (κ3) is 1.91. The van der Waals surface area contributed by atoms with E-state index in [9.17, 15) is 0 Å². The van der Waals surface area contributed by atoms with Gasteiger partial charge in [-0.25, -0.2) is 0 Å². The van der Waals surface area contributed by atoms with Crippen LogP contribution < -0.4 is 10.8 Å². The minimum absolute atomic E-state index is 0.972. The van der Waals surface area contributed by atoms with Gasteiger partial charge in [0.2, 0.25) is 0 Å². The predicted molar refractivity (Wildman–Crippen MR) is 70.4 cm³/mol. The monoisotopic (exact) mass is 247 g/mol. The Balaban J connectivity index is 3.38. The molecule has 0 radical (unpaired) electrons. The Bertz CT molecular complexity index is 326. The maximum absolute atomic E-state index is 6.75. The summed E-state index contributed by atoms with van der Waals surface area (Å²) in [5.74, 6) is 0. The van der Waals surface area contributed by atoms with E-state index < -0.39 is 6.41 Å². The van der Waals surface area contributed by atoms with E-state index in [2.05, 4.69) is 0 Å². The molecule has 1 aromatic rings. The van der Waals surface area contributed by atoms with Gasteiger partial charge in [-0.05, 0) is 0 Å². The molecule has 0 saturated heterocycles. The van der Waals surface area contributed by atoms with Crippen LogP contribution in [0.25, 0.3) is 0 Å². The maximum atomic E-state index is 6.75. The van der Waals surface area contributed by atoms with Gasteiger partial charge in [0, 0.05) is 0 Å². The fraction of sp³-hybridized carbons (Fsp3) is 0.400. The fourth-order valence-corrected chi connectivity index (χ4v) is 4.22. The van der Waals surface area contributed by atoms with Crippen LogP contribution in [0.3, 0.4) is 0 Å². The van der Waals surface area contributed by atoms with Gasteiger partial charge in [-0.2, -0.15) is 0 Å². The molecule has 0 aliphatic carbocycles. The molecule has 0 amide bonds. The van der Waals surface area contributed by atoms with E-state index in [0.29, 0.717) is 0 Å². The number of hydrogen-bond acceptors (Lipinski definition) is 3. The van der Waals surface area contributed by atoms with Crippen LogP contribution in [-0.4, -0.2) is 37.5 Å². The number of rotatable bonds is 3. The molecule has 0 aliphatic rings. The molecule has 0 fully saturated rings. The number of nitrogens with two attached hydrogens (primary N) is 1. The molecule has 0 bridgehead atoms. The number of benzene rings is 1. The van der Waals surface area contributed by atoms with E-state index in [1.54, 1.807) is 0 Å². The molecule has 0 atom stereocenters. The first-order chi connectivity index (χ1) is 6.79. The Morgan fingerprint density at radius 2 is 1.40 bits per heavy atom. The molecule has 15 heavy (non-hydrogen) atoms. The zero-order chi connectivity index (χ0) is 11.7. The molecular formula is C10H19ClN3P. The second-order valence-corrected chi connectivity index (χ2v) is 10.1. The van der Waals surface area contributed by atoms with Crippen molar-refractivity contribution in [2.24, 2.45) is 5.50 Å². The zero-order valence-corrected chi connectivity index (χ0v) is 11.3. The van der Waals surface area contributed by atoms with E-state index in [-0.39, 0.29) is 0 Å². The predicted octanol–water partition coefficient (Wildman–Crippen LogP) is 1.85. The first-order valence-electron chi connectivity index (χ1n) is 4.75. The molecule has 2 N–H and O–H groups in total. The first kappa shape index (κ1) is 12.9. The van der Waals surface area contributed by atoms with Crippen molar-refractivity contribution >= 4 is 23.0 Å². The van der Waals surface area contributed by atoms with Crippen molar-refractivity contribution < 1.29 is 0 Å². The molecule has 86 valence electrons. The summed E-state index contributed by atoms with van der Waals surface area (Å²) in [6.07, 6.45) is -3.12. The Morgan fingerprint density at radius 1 is 1.00 bits per heavy atom. The Morgan fingerprint density at radius 3 is 1.73 bits per heavy atom. The van der Waals surface area contributed by atoms with Crippen LogP contribution in [0, 0.1) is 0 Å². The van der Waals surface area contributed by atoms with Gasteiger partial charge >= 0.3 is 96.3 Å². The molecule has 0 saturated carbocycles. The zero-order valence-electron chi connectivity index (χ0n) is 9.68. The number of halogens is 1. The molecular weight excluding hydrogens is 229 g/mol. The topological polar surface area (TPSA) is 32.5 Å². The summed E-state index contributed by atoms with van der Waals surface area (Å²) < 4.78 is 3.84. The molecule has 0 aromatic heterocycles. The van der Waals surface area contributed by atoms with E-state index in [1.165, 1.54) is 0 Å². The fourth-order valence-electron chi connectivity index (χ4n) is 1.52. The summed E-state index contributed by atoms with van der Waals surface area (Å²) in [5.41, 5.74) is 6.50. The normalized spacial score (nSPS) is 15.3. The van der Waals surface area contributed by atoms with Crippen LogP contribution in [0.2, 0.25) is 0 Å². The second kappa shape index (κ2) is 4.00. The summed E-state index contributed by atoms with van der Waals surface area (Å²) in [6.45, 7) is 0. The second-order valence-electron chi connectivity index (χ2n) is 4.01. The molecule has 0 unspecified atom stereocenters. The number of nitrogens with zero attached hydrogens (tertiary/aromatic N) is 2. The molecule has 0 heterocycles. The molecule has 5 heteroatoms. The van der Waals surface area contributed by atoms with Crippen LogP contribution >= 0.6 is 17.6 Å². The third-order valence-electron chi connectivity index (χ3n) is 2.76. The van der Waals surface area contributed by atoms with Crippen LogP contribution in [-0.2, 0) is 0 Å². The van der Waals surface area contributed by atoms with Crippen molar-refractivity contribution in [3.63, 3.8) is 0 Å². The minimum atomic E-state index is -3.12. The Labute approximate surface area is 96.7 Å². The van der Waals surface area contributed by atoms with Gasteiger partial charge in [-0.1, -0.05) is 0 Å². The molecule has 1 rings (SSSR count). The third-order valence-corrected chi connectivity index (χ3v) is 9.45. The van der Waals surface area contributed by atoms with Crippen LogP contribution in [0.1, 0.15) is 0 Å². The summed E-state index contributed by atoms with van der Waals surface area (Å²) >= 11 is 6.75. The average molecular weight is 248 g/mol. The average Bonchev–Trinajstić information content (AvgIpc) is 2.19. The van der Waals surface area contributed by atoms with Gasteiger partial charge in [0.05, 0.1) is 0 Å². The molecule has 0 spiro atoms. The van der Waals surface area contributed by atoms with Gasteiger partial charge in [0.1, 0.15) is 0 Å². The van der Waals surface area contributed by atoms with E-state index in [4.69, 9.17) is 16.7 Å². The van der Waals surface area contributed by atoms with Gasteiger partial charge in [0.15, 0.2) is 0 Å². The standard InChI is InChI=1S/C10H19ClN3P/c1-13(2)15(11,12,14(3)4)10-8-6-5-7-9-10/h5-9H,12H2,1-4H3. The van der Waals surface area contributed by atoms with Gasteiger partial charge in [-0.3, -0.25) is 0 Å². The van der Waals surface area contributed by atoms with Gasteiger partial charge < -0.3 is 0 Å². The first-order valence-corrected chi connectivity index (χ1v) is 7.87. The van der Waals surface area contributed by atoms with E-state index in [0.717, 1.165) is 5.30 Å². The van der Waals surface area contributed by atoms with Crippen molar-refractivity contribution in [2.75, 3.05) is 28.2 Å². The quantitative estimate of drug-likeness (QED) is 0.828. The summed E-state index contributed by atoms with van der Waals surface area (Å²) in [4.78, 5) is 0. The van der Waals surface area contributed by atoms with Crippen LogP contribution in [0.15, 0.2) is 30.3 Å². The number of hydrogen-bond donors (Lipinski definition) is 1.